The van der Waals surface area contributed by atoms with Crippen LogP contribution in [0.2, 0.25) is 0 Å². The molecule has 1 atom stereocenters. The van der Waals surface area contributed by atoms with Crippen LogP contribution in [0.4, 0.5) is 5.69 Å². The molecule has 3 aromatic rings. The van der Waals surface area contributed by atoms with E-state index in [0.29, 0.717) is 17.0 Å². The molecule has 0 radical (unpaired) electrons. The highest BCUT2D eigenvalue weighted by Gasteiger charge is 2.10. The Bertz CT molecular complexity index is 1000. The van der Waals surface area contributed by atoms with E-state index in [1.165, 1.54) is 12.1 Å². The Morgan fingerprint density at radius 3 is 2.10 bits per heavy atom. The Morgan fingerprint density at radius 1 is 0.862 bits per heavy atom. The SMILES string of the molecule is O=C(CS(=O)Cc1ccc(C(=O)O)cc1)Nc1ccc(Oc2ccccc2)cc1. The van der Waals surface area contributed by atoms with Gasteiger partial charge in [-0.05, 0) is 54.1 Å². The number of nitrogens with one attached hydrogen (secondary N) is 1. The number of aromatic carboxylic acids is 1. The zero-order valence-electron chi connectivity index (χ0n) is 15.4. The van der Waals surface area contributed by atoms with E-state index in [1.807, 2.05) is 30.3 Å². The molecule has 0 heterocycles. The Labute approximate surface area is 170 Å². The van der Waals surface area contributed by atoms with Gasteiger partial charge in [0.05, 0.1) is 5.56 Å². The van der Waals surface area contributed by atoms with Gasteiger partial charge in [0.2, 0.25) is 5.91 Å². The van der Waals surface area contributed by atoms with Crippen LogP contribution in [0.25, 0.3) is 0 Å². The van der Waals surface area contributed by atoms with Crippen molar-refractivity contribution in [2.75, 3.05) is 11.1 Å². The van der Waals surface area contributed by atoms with E-state index in [1.54, 1.807) is 36.4 Å². The standard InChI is InChI=1S/C22H19NO5S/c24-21(15-29(27)14-16-6-8-17(9-7-16)22(25)26)23-18-10-12-20(13-11-18)28-19-4-2-1-3-5-19/h1-13H,14-15H2,(H,23,24)(H,25,26). The molecule has 0 saturated heterocycles. The summed E-state index contributed by atoms with van der Waals surface area (Å²) in [7, 11) is -1.41. The molecule has 29 heavy (non-hydrogen) atoms. The fraction of sp³-hybridized carbons (Fsp3) is 0.0909. The Morgan fingerprint density at radius 2 is 1.48 bits per heavy atom. The van der Waals surface area contributed by atoms with Crippen molar-refractivity contribution in [1.29, 1.82) is 0 Å². The predicted octanol–water partition coefficient (Wildman–Crippen LogP) is 4.06. The number of carbonyl (C=O) groups is 2. The van der Waals surface area contributed by atoms with Gasteiger partial charge in [0, 0.05) is 22.2 Å². The third-order valence-electron chi connectivity index (χ3n) is 3.94. The summed E-state index contributed by atoms with van der Waals surface area (Å²) in [6.45, 7) is 0. The largest absolute Gasteiger partial charge is 0.478 e. The quantitative estimate of drug-likeness (QED) is 0.585. The van der Waals surface area contributed by atoms with Crippen LogP contribution in [0, 0.1) is 0 Å². The summed E-state index contributed by atoms with van der Waals surface area (Å²) in [4.78, 5) is 23.0. The molecular formula is C22H19NO5S. The highest BCUT2D eigenvalue weighted by Crippen LogP contribution is 2.22. The van der Waals surface area contributed by atoms with Crippen LogP contribution < -0.4 is 10.1 Å². The lowest BCUT2D eigenvalue weighted by atomic mass is 10.1. The molecule has 7 heteroatoms. The maximum absolute atomic E-state index is 12.2. The molecule has 148 valence electrons. The molecule has 0 saturated carbocycles. The van der Waals surface area contributed by atoms with Gasteiger partial charge in [0.1, 0.15) is 17.3 Å². The van der Waals surface area contributed by atoms with Gasteiger partial charge in [-0.1, -0.05) is 30.3 Å². The zero-order chi connectivity index (χ0) is 20.6. The predicted molar refractivity (Wildman–Crippen MR) is 112 cm³/mol. The molecule has 0 aliphatic heterocycles. The van der Waals surface area contributed by atoms with E-state index in [9.17, 15) is 13.8 Å². The van der Waals surface area contributed by atoms with Gasteiger partial charge in [-0.3, -0.25) is 9.00 Å². The van der Waals surface area contributed by atoms with Crippen LogP contribution in [-0.4, -0.2) is 26.9 Å². The number of carboxylic acids is 1. The Balaban J connectivity index is 1.49. The third kappa shape index (κ3) is 6.29. The lowest BCUT2D eigenvalue weighted by Crippen LogP contribution is -2.20. The van der Waals surface area contributed by atoms with Gasteiger partial charge >= 0.3 is 5.97 Å². The molecule has 3 rings (SSSR count). The monoisotopic (exact) mass is 409 g/mol. The van der Waals surface area contributed by atoms with E-state index in [4.69, 9.17) is 9.84 Å². The topological polar surface area (TPSA) is 92.7 Å². The van der Waals surface area contributed by atoms with Crippen molar-refractivity contribution in [3.05, 3.63) is 90.0 Å². The molecule has 0 spiro atoms. The minimum atomic E-state index is -1.41. The summed E-state index contributed by atoms with van der Waals surface area (Å²) in [6.07, 6.45) is 0. The number of amides is 1. The van der Waals surface area contributed by atoms with E-state index in [2.05, 4.69) is 5.32 Å². The number of ether oxygens (including phenoxy) is 1. The number of benzene rings is 3. The van der Waals surface area contributed by atoms with Crippen LogP contribution in [0.15, 0.2) is 78.9 Å². The first-order valence-electron chi connectivity index (χ1n) is 8.79. The average Bonchev–Trinajstić information content (AvgIpc) is 2.70. The second-order valence-corrected chi connectivity index (χ2v) is 7.68. The molecular weight excluding hydrogens is 390 g/mol. The first-order valence-corrected chi connectivity index (χ1v) is 10.3. The number of para-hydroxylation sites is 1. The maximum atomic E-state index is 12.2. The molecule has 0 bridgehead atoms. The molecule has 0 aliphatic rings. The summed E-state index contributed by atoms with van der Waals surface area (Å²) in [5.74, 6) is 0.0123. The van der Waals surface area contributed by atoms with Gasteiger partial charge in [-0.15, -0.1) is 0 Å². The second-order valence-electron chi connectivity index (χ2n) is 6.22. The summed E-state index contributed by atoms with van der Waals surface area (Å²) in [5, 5.41) is 11.6. The van der Waals surface area contributed by atoms with Gasteiger partial charge in [0.15, 0.2) is 0 Å². The van der Waals surface area contributed by atoms with Gasteiger partial charge in [-0.25, -0.2) is 4.79 Å². The third-order valence-corrected chi connectivity index (χ3v) is 5.18. The normalized spacial score (nSPS) is 11.4. The molecule has 0 fully saturated rings. The second kappa shape index (κ2) is 9.66. The Kier molecular flexibility index (Phi) is 6.76. The molecule has 0 aromatic heterocycles. The molecule has 6 nitrogen and oxygen atoms in total. The molecule has 1 amide bonds. The van der Waals surface area contributed by atoms with Crippen molar-refractivity contribution >= 4 is 28.4 Å². The summed E-state index contributed by atoms with van der Waals surface area (Å²) in [5.41, 5.74) is 1.46. The van der Waals surface area contributed by atoms with Crippen molar-refractivity contribution in [2.45, 2.75) is 5.75 Å². The van der Waals surface area contributed by atoms with Crippen molar-refractivity contribution in [3.63, 3.8) is 0 Å². The average molecular weight is 409 g/mol. The van der Waals surface area contributed by atoms with Gasteiger partial charge in [-0.2, -0.15) is 0 Å². The smallest absolute Gasteiger partial charge is 0.335 e. The first-order chi connectivity index (χ1) is 14.0. The number of carbonyl (C=O) groups excluding carboxylic acids is 1. The lowest BCUT2D eigenvalue weighted by molar-refractivity contribution is -0.113. The summed E-state index contributed by atoms with van der Waals surface area (Å²) < 4.78 is 17.9. The highest BCUT2D eigenvalue weighted by atomic mass is 32.2. The van der Waals surface area contributed by atoms with Crippen LogP contribution >= 0.6 is 0 Å². The van der Waals surface area contributed by atoms with Crippen molar-refractivity contribution in [2.24, 2.45) is 0 Å². The highest BCUT2D eigenvalue weighted by molar-refractivity contribution is 7.84. The van der Waals surface area contributed by atoms with Crippen molar-refractivity contribution in [1.82, 2.24) is 0 Å². The minimum Gasteiger partial charge on any atom is -0.478 e. The summed E-state index contributed by atoms with van der Waals surface area (Å²) >= 11 is 0. The molecule has 0 aliphatic carbocycles. The van der Waals surface area contributed by atoms with Crippen LogP contribution in [0.5, 0.6) is 11.5 Å². The molecule has 2 N–H and O–H groups in total. The Hall–Kier alpha value is -3.45. The van der Waals surface area contributed by atoms with Crippen molar-refractivity contribution < 1.29 is 23.6 Å². The zero-order valence-corrected chi connectivity index (χ0v) is 16.2. The minimum absolute atomic E-state index is 0.150. The number of rotatable bonds is 8. The first kappa shape index (κ1) is 20.3. The fourth-order valence-corrected chi connectivity index (χ4v) is 3.59. The van der Waals surface area contributed by atoms with E-state index in [0.717, 1.165) is 5.75 Å². The number of hydrogen-bond donors (Lipinski definition) is 2. The lowest BCUT2D eigenvalue weighted by Gasteiger charge is -2.08. The maximum Gasteiger partial charge on any atom is 0.335 e. The molecule has 3 aromatic carbocycles. The number of anilines is 1. The number of carboxylic acid groups (broad SMARTS) is 1. The van der Waals surface area contributed by atoms with Gasteiger partial charge < -0.3 is 15.2 Å². The van der Waals surface area contributed by atoms with Gasteiger partial charge in [0.25, 0.3) is 0 Å². The fourth-order valence-electron chi connectivity index (χ4n) is 2.55. The van der Waals surface area contributed by atoms with E-state index >= 15 is 0 Å². The van der Waals surface area contributed by atoms with Crippen molar-refractivity contribution in [3.8, 4) is 11.5 Å². The summed E-state index contributed by atoms with van der Waals surface area (Å²) in [6, 6.07) is 22.4. The number of hydrogen-bond acceptors (Lipinski definition) is 4. The molecule has 1 unspecified atom stereocenters. The van der Waals surface area contributed by atoms with Crippen LogP contribution in [-0.2, 0) is 21.3 Å². The van der Waals surface area contributed by atoms with Crippen LogP contribution in [0.1, 0.15) is 15.9 Å². The van der Waals surface area contributed by atoms with E-state index < -0.39 is 16.8 Å². The van der Waals surface area contributed by atoms with Crippen LogP contribution in [0.3, 0.4) is 0 Å². The van der Waals surface area contributed by atoms with E-state index in [-0.39, 0.29) is 23.0 Å².